The fraction of sp³-hybridized carbons (Fsp3) is 0.500. The van der Waals surface area contributed by atoms with E-state index in [1.165, 1.54) is 24.8 Å². The average Bonchev–Trinajstić information content (AvgIpc) is 2.64. The smallest absolute Gasteiger partial charge is 0.134 e. The quantitative estimate of drug-likeness (QED) is 0.561. The Morgan fingerprint density at radius 2 is 1.52 bits per heavy atom. The molecule has 0 aromatic heterocycles. The van der Waals surface area contributed by atoms with Crippen molar-refractivity contribution in [3.8, 4) is 11.1 Å². The molecule has 3 aliphatic rings. The van der Waals surface area contributed by atoms with Gasteiger partial charge in [0.05, 0.1) is 0 Å². The summed E-state index contributed by atoms with van der Waals surface area (Å²) in [4.78, 5) is 0. The number of rotatable bonds is 4. The van der Waals surface area contributed by atoms with Gasteiger partial charge in [-0.2, -0.15) is 0 Å². The Morgan fingerprint density at radius 1 is 0.880 bits per heavy atom. The van der Waals surface area contributed by atoms with Crippen LogP contribution in [0.3, 0.4) is 0 Å². The first kappa shape index (κ1) is 16.8. The van der Waals surface area contributed by atoms with E-state index in [2.05, 4.69) is 50.2 Å². The molecule has 3 saturated carbocycles. The Balaban J connectivity index is 1.69. The molecule has 3 fully saturated rings. The lowest BCUT2D eigenvalue weighted by Gasteiger charge is -2.52. The molecule has 132 valence electrons. The molecule has 0 aliphatic heterocycles. The van der Waals surface area contributed by atoms with Gasteiger partial charge >= 0.3 is 0 Å². The first-order valence-corrected chi connectivity index (χ1v) is 9.94. The number of hydrogen-bond donors (Lipinski definition) is 0. The van der Waals surface area contributed by atoms with Crippen molar-refractivity contribution in [1.82, 2.24) is 0 Å². The molecule has 2 aromatic carbocycles. The van der Waals surface area contributed by atoms with Crippen LogP contribution in [0.1, 0.15) is 69.9 Å². The number of aryl methyl sites for hydroxylation is 1. The van der Waals surface area contributed by atoms with E-state index in [0.29, 0.717) is 5.41 Å². The number of fused-ring (bicyclic) bond motifs is 3. The summed E-state index contributed by atoms with van der Waals surface area (Å²) in [6, 6.07) is 14.5. The van der Waals surface area contributed by atoms with Crippen molar-refractivity contribution in [3.05, 3.63) is 59.4 Å². The van der Waals surface area contributed by atoms with Crippen LogP contribution in [0.2, 0.25) is 0 Å². The standard InChI is InChI=1S/C24H29F/c1-3-5-18-8-10-19(11-9-18)20-6-4-7-21(22(20)25)24-15-12-23(2,13-16-24)14-17-24/h4,6-11H,3,5,12-17H2,1-2H3. The second kappa shape index (κ2) is 6.27. The molecule has 0 saturated heterocycles. The molecule has 0 heterocycles. The van der Waals surface area contributed by atoms with Gasteiger partial charge in [0, 0.05) is 5.56 Å². The van der Waals surface area contributed by atoms with Crippen molar-refractivity contribution >= 4 is 0 Å². The molecule has 0 spiro atoms. The van der Waals surface area contributed by atoms with Crippen LogP contribution < -0.4 is 0 Å². The van der Waals surface area contributed by atoms with Gasteiger partial charge < -0.3 is 0 Å². The van der Waals surface area contributed by atoms with Crippen molar-refractivity contribution in [2.24, 2.45) is 5.41 Å². The first-order valence-electron chi connectivity index (χ1n) is 9.94. The summed E-state index contributed by atoms with van der Waals surface area (Å²) in [5.41, 5.74) is 4.69. The maximum Gasteiger partial charge on any atom is 0.134 e. The second-order valence-electron chi connectivity index (χ2n) is 8.71. The molecule has 2 aromatic rings. The highest BCUT2D eigenvalue weighted by Crippen LogP contribution is 2.58. The molecule has 3 aliphatic carbocycles. The summed E-state index contributed by atoms with van der Waals surface area (Å²) in [5.74, 6) is 0.0243. The zero-order valence-corrected chi connectivity index (χ0v) is 15.6. The third-order valence-corrected chi connectivity index (χ3v) is 7.00. The van der Waals surface area contributed by atoms with E-state index in [9.17, 15) is 0 Å². The van der Waals surface area contributed by atoms with E-state index >= 15 is 4.39 Å². The lowest BCUT2D eigenvalue weighted by molar-refractivity contribution is 0.0536. The predicted molar refractivity (Wildman–Crippen MR) is 103 cm³/mol. The molecule has 0 amide bonds. The van der Waals surface area contributed by atoms with Crippen LogP contribution in [0.25, 0.3) is 11.1 Å². The predicted octanol–water partition coefficient (Wildman–Crippen LogP) is 7.06. The monoisotopic (exact) mass is 336 g/mol. The van der Waals surface area contributed by atoms with Crippen LogP contribution >= 0.6 is 0 Å². The van der Waals surface area contributed by atoms with Gasteiger partial charge in [-0.3, -0.25) is 0 Å². The maximum absolute atomic E-state index is 15.5. The van der Waals surface area contributed by atoms with Crippen molar-refractivity contribution in [2.75, 3.05) is 0 Å². The highest BCUT2D eigenvalue weighted by atomic mass is 19.1. The van der Waals surface area contributed by atoms with Crippen LogP contribution in [0.5, 0.6) is 0 Å². The van der Waals surface area contributed by atoms with Crippen LogP contribution in [0, 0.1) is 11.2 Å². The number of halogens is 1. The number of hydrogen-bond acceptors (Lipinski definition) is 0. The number of benzene rings is 2. The Hall–Kier alpha value is -1.63. The molecule has 1 heteroatoms. The van der Waals surface area contributed by atoms with Gasteiger partial charge in [0.2, 0.25) is 0 Å². The van der Waals surface area contributed by atoms with Gasteiger partial charge in [-0.05, 0) is 72.5 Å². The maximum atomic E-state index is 15.5. The summed E-state index contributed by atoms with van der Waals surface area (Å²) in [6.07, 6.45) is 9.44. The lowest BCUT2D eigenvalue weighted by Crippen LogP contribution is -2.43. The lowest BCUT2D eigenvalue weighted by atomic mass is 9.52. The molecule has 2 bridgehead atoms. The van der Waals surface area contributed by atoms with E-state index in [0.717, 1.165) is 48.8 Å². The third kappa shape index (κ3) is 2.92. The van der Waals surface area contributed by atoms with Gasteiger partial charge in [0.1, 0.15) is 5.82 Å². The highest BCUT2D eigenvalue weighted by molar-refractivity contribution is 5.66. The average molecular weight is 336 g/mol. The van der Waals surface area contributed by atoms with E-state index in [-0.39, 0.29) is 11.2 Å². The van der Waals surface area contributed by atoms with Gasteiger partial charge in [-0.15, -0.1) is 0 Å². The zero-order chi connectivity index (χ0) is 17.5. The molecule has 0 radical (unpaired) electrons. The summed E-state index contributed by atoms with van der Waals surface area (Å²) in [7, 11) is 0. The van der Waals surface area contributed by atoms with Crippen LogP contribution in [0.4, 0.5) is 4.39 Å². The van der Waals surface area contributed by atoms with E-state index in [1.54, 1.807) is 0 Å². The van der Waals surface area contributed by atoms with E-state index < -0.39 is 0 Å². The molecular formula is C24H29F. The summed E-state index contributed by atoms with van der Waals surface area (Å²) in [5, 5.41) is 0. The first-order chi connectivity index (χ1) is 12.1. The Morgan fingerprint density at radius 3 is 2.12 bits per heavy atom. The molecule has 5 rings (SSSR count). The van der Waals surface area contributed by atoms with Crippen LogP contribution in [0.15, 0.2) is 42.5 Å². The van der Waals surface area contributed by atoms with Crippen molar-refractivity contribution < 1.29 is 4.39 Å². The fourth-order valence-corrected chi connectivity index (χ4v) is 5.08. The second-order valence-corrected chi connectivity index (χ2v) is 8.71. The van der Waals surface area contributed by atoms with Gasteiger partial charge in [0.25, 0.3) is 0 Å². The van der Waals surface area contributed by atoms with Crippen molar-refractivity contribution in [2.45, 2.75) is 70.6 Å². The molecule has 25 heavy (non-hydrogen) atoms. The van der Waals surface area contributed by atoms with Crippen molar-refractivity contribution in [3.63, 3.8) is 0 Å². The highest BCUT2D eigenvalue weighted by Gasteiger charge is 2.48. The summed E-state index contributed by atoms with van der Waals surface area (Å²) in [6.45, 7) is 4.61. The zero-order valence-electron chi connectivity index (χ0n) is 15.6. The van der Waals surface area contributed by atoms with E-state index in [4.69, 9.17) is 0 Å². The normalized spacial score (nSPS) is 28.3. The van der Waals surface area contributed by atoms with Crippen LogP contribution in [-0.2, 0) is 11.8 Å². The largest absolute Gasteiger partial charge is 0.206 e. The minimum absolute atomic E-state index is 0.0243. The van der Waals surface area contributed by atoms with E-state index in [1.807, 2.05) is 6.07 Å². The van der Waals surface area contributed by atoms with Gasteiger partial charge in [-0.25, -0.2) is 4.39 Å². The Labute approximate surface area is 151 Å². The Bertz CT molecular complexity index is 732. The fourth-order valence-electron chi connectivity index (χ4n) is 5.08. The minimum Gasteiger partial charge on any atom is -0.206 e. The molecule has 0 atom stereocenters. The Kier molecular flexibility index (Phi) is 4.22. The molecule has 0 N–H and O–H groups in total. The van der Waals surface area contributed by atoms with Crippen LogP contribution in [-0.4, -0.2) is 0 Å². The summed E-state index contributed by atoms with van der Waals surface area (Å²) < 4.78 is 15.5. The van der Waals surface area contributed by atoms with Gasteiger partial charge in [0.15, 0.2) is 0 Å². The molecule has 0 unspecified atom stereocenters. The third-order valence-electron chi connectivity index (χ3n) is 7.00. The van der Waals surface area contributed by atoms with Gasteiger partial charge in [-0.1, -0.05) is 62.7 Å². The minimum atomic E-state index is 0.0243. The molecule has 0 nitrogen and oxygen atoms in total. The topological polar surface area (TPSA) is 0 Å². The summed E-state index contributed by atoms with van der Waals surface area (Å²) >= 11 is 0. The SMILES string of the molecule is CCCc1ccc(-c2cccc(C34CCC(C)(CC3)CC4)c2F)cc1. The van der Waals surface area contributed by atoms with Crippen molar-refractivity contribution in [1.29, 1.82) is 0 Å². The molecular weight excluding hydrogens is 307 g/mol.